The molecule has 7 N–H and O–H groups in total. The molecule has 1 aliphatic heterocycles. The number of thioether (sulfide) groups is 1. The van der Waals surface area contributed by atoms with Crippen LogP contribution < -0.4 is 21.9 Å². The van der Waals surface area contributed by atoms with Crippen molar-refractivity contribution in [1.29, 1.82) is 0 Å². The lowest BCUT2D eigenvalue weighted by Gasteiger charge is -2.35. The number of aliphatic hydroxyl groups excluding tert-OH is 1. The fraction of sp³-hybridized carbons (Fsp3) is 0.341. The SMILES string of the molecule is CN1C(=O)C(=Nc2ccc(S(C)(=O)=O)cn2)C=C(c2cccc(-n3ncc4cc(C(C)(C)C)cc(F)c4c3=O)c2CO)C1SC[C@H](NC(=O)CC[C@H](N)C(=O)O)C(=O)NCC(=O)O. The summed E-state index contributed by atoms with van der Waals surface area (Å²) in [5.74, 6) is -6.21. The molecule has 2 aromatic heterocycles. The van der Waals surface area contributed by atoms with E-state index in [4.69, 9.17) is 10.8 Å². The summed E-state index contributed by atoms with van der Waals surface area (Å²) >= 11 is 0.941. The number of carbonyl (C=O) groups excluding carboxylic acids is 3. The first kappa shape index (κ1) is 47.7. The van der Waals surface area contributed by atoms with Gasteiger partial charge in [0.15, 0.2) is 15.7 Å². The monoisotopic (exact) mass is 908 g/mol. The summed E-state index contributed by atoms with van der Waals surface area (Å²) in [4.78, 5) is 86.4. The lowest BCUT2D eigenvalue weighted by molar-refractivity contribution is -0.139. The predicted octanol–water partition coefficient (Wildman–Crippen LogP) is 1.68. The summed E-state index contributed by atoms with van der Waals surface area (Å²) in [6.07, 6.45) is 4.10. The first-order chi connectivity index (χ1) is 29.5. The summed E-state index contributed by atoms with van der Waals surface area (Å²) in [6.45, 7) is 4.16. The molecule has 0 bridgehead atoms. The van der Waals surface area contributed by atoms with Crippen LogP contribution in [0.1, 0.15) is 50.3 Å². The molecule has 0 saturated heterocycles. The second-order valence-electron chi connectivity index (χ2n) is 15.5. The van der Waals surface area contributed by atoms with Crippen LogP contribution in [0.2, 0.25) is 0 Å². The van der Waals surface area contributed by atoms with Gasteiger partial charge in [-0.25, -0.2) is 22.8 Å². The summed E-state index contributed by atoms with van der Waals surface area (Å²) in [5, 5.41) is 37.3. The first-order valence-electron chi connectivity index (χ1n) is 19.1. The molecule has 3 heterocycles. The summed E-state index contributed by atoms with van der Waals surface area (Å²) < 4.78 is 40.7. The number of rotatable bonds is 16. The van der Waals surface area contributed by atoms with Gasteiger partial charge in [0, 0.05) is 42.6 Å². The number of sulfone groups is 1. The van der Waals surface area contributed by atoms with Gasteiger partial charge in [0.05, 0.1) is 28.8 Å². The number of nitrogens with zero attached hydrogens (tertiary/aromatic N) is 5. The highest BCUT2D eigenvalue weighted by atomic mass is 32.2. The number of benzene rings is 2. The lowest BCUT2D eigenvalue weighted by Crippen LogP contribution is -2.50. The molecule has 0 spiro atoms. The number of hydrogen-bond donors (Lipinski definition) is 6. The second kappa shape index (κ2) is 19.4. The van der Waals surface area contributed by atoms with Crippen molar-refractivity contribution in [3.05, 3.63) is 93.8 Å². The van der Waals surface area contributed by atoms with Crippen LogP contribution in [0.15, 0.2) is 75.6 Å². The molecule has 3 atom stereocenters. The van der Waals surface area contributed by atoms with Crippen LogP contribution in [0.25, 0.3) is 22.0 Å². The fourth-order valence-electron chi connectivity index (χ4n) is 6.43. The molecule has 3 amide bonds. The van der Waals surface area contributed by atoms with Gasteiger partial charge in [0.1, 0.15) is 35.5 Å². The van der Waals surface area contributed by atoms with Gasteiger partial charge in [0.25, 0.3) is 11.5 Å². The molecule has 1 aliphatic rings. The Balaban J connectivity index is 1.64. The number of nitrogens with one attached hydrogen (secondary N) is 2. The lowest BCUT2D eigenvalue weighted by atomic mass is 9.86. The standard InChI is InChI=1S/C41H45FN8O11S2/c1-41(2,3)22-13-21-16-46-50(38(57)35(21)27(42)14-22)31-8-6-7-24(26(31)19-51)25-15-29(47-32-11-9-23(17-44-32)63(5,60)61)37(56)49(4)39(25)62-20-30(36(55)45-18-34(53)54)48-33(52)12-10-28(43)40(58)59/h6-9,11,13-17,28,30,39,51H,10,12,18-20,43H2,1-5H3,(H,45,55)(H,48,52)(H,53,54)(H,58,59)/t28-,30-,39?/m0/s1. The predicted molar refractivity (Wildman–Crippen MR) is 231 cm³/mol. The Bertz CT molecular complexity index is 2720. The van der Waals surface area contributed by atoms with Crippen LogP contribution in [0.4, 0.5) is 10.2 Å². The summed E-state index contributed by atoms with van der Waals surface area (Å²) in [6, 6.07) is 7.29. The molecule has 0 saturated carbocycles. The van der Waals surface area contributed by atoms with Crippen molar-refractivity contribution in [2.75, 3.05) is 25.6 Å². The van der Waals surface area contributed by atoms with Gasteiger partial charge < -0.3 is 36.6 Å². The molecule has 1 unspecified atom stereocenters. The Morgan fingerprint density at radius 1 is 1.08 bits per heavy atom. The van der Waals surface area contributed by atoms with Gasteiger partial charge in [-0.05, 0) is 64.9 Å². The Morgan fingerprint density at radius 3 is 2.40 bits per heavy atom. The highest BCUT2D eigenvalue weighted by molar-refractivity contribution is 8.00. The molecule has 22 heteroatoms. The van der Waals surface area contributed by atoms with E-state index in [-0.39, 0.29) is 61.8 Å². The van der Waals surface area contributed by atoms with Crippen molar-refractivity contribution in [3.8, 4) is 5.69 Å². The van der Waals surface area contributed by atoms with Gasteiger partial charge >= 0.3 is 11.9 Å². The van der Waals surface area contributed by atoms with Crippen LogP contribution in [0, 0.1) is 5.82 Å². The molecule has 0 fully saturated rings. The number of nitrogens with two attached hydrogens (primary N) is 1. The number of pyridine rings is 1. The zero-order valence-electron chi connectivity index (χ0n) is 34.7. The van der Waals surface area contributed by atoms with Crippen molar-refractivity contribution < 1.29 is 52.1 Å². The number of aliphatic carboxylic acids is 2. The number of carbonyl (C=O) groups is 5. The zero-order chi connectivity index (χ0) is 46.6. The third-order valence-electron chi connectivity index (χ3n) is 9.87. The first-order valence-corrected chi connectivity index (χ1v) is 22.0. The van der Waals surface area contributed by atoms with Crippen molar-refractivity contribution in [3.63, 3.8) is 0 Å². The Labute approximate surface area is 364 Å². The number of aliphatic imine (C=N–C) groups is 1. The summed E-state index contributed by atoms with van der Waals surface area (Å²) in [7, 11) is -2.22. The number of likely N-dealkylation sites (N-methyl/N-ethyl adjacent to an activating group) is 1. The van der Waals surface area contributed by atoms with E-state index >= 15 is 4.39 Å². The van der Waals surface area contributed by atoms with Crippen molar-refractivity contribution in [2.45, 2.75) is 68.0 Å². The van der Waals surface area contributed by atoms with E-state index in [9.17, 15) is 47.4 Å². The third kappa shape index (κ3) is 11.2. The molecule has 0 radical (unpaired) electrons. The zero-order valence-corrected chi connectivity index (χ0v) is 36.3. The van der Waals surface area contributed by atoms with Crippen LogP contribution in [-0.2, 0) is 45.8 Å². The Kier molecular flexibility index (Phi) is 14.7. The number of amides is 3. The normalized spacial score (nSPS) is 16.1. The van der Waals surface area contributed by atoms with Gasteiger partial charge in [-0.2, -0.15) is 9.78 Å². The number of aliphatic hydroxyl groups is 1. The van der Waals surface area contributed by atoms with Crippen LogP contribution in [0.5, 0.6) is 0 Å². The van der Waals surface area contributed by atoms with Crippen LogP contribution in [0.3, 0.4) is 0 Å². The molecular weight excluding hydrogens is 864 g/mol. The number of halogens is 1. The smallest absolute Gasteiger partial charge is 0.322 e. The van der Waals surface area contributed by atoms with Crippen molar-refractivity contribution >= 4 is 79.1 Å². The molecule has 4 aromatic rings. The third-order valence-corrected chi connectivity index (χ3v) is 12.4. The Hall–Kier alpha value is -6.36. The van der Waals surface area contributed by atoms with Gasteiger partial charge in [-0.15, -0.1) is 11.8 Å². The maximum Gasteiger partial charge on any atom is 0.322 e. The maximum atomic E-state index is 15.7. The van der Waals surface area contributed by atoms with E-state index in [0.29, 0.717) is 5.56 Å². The van der Waals surface area contributed by atoms with Crippen LogP contribution >= 0.6 is 11.8 Å². The number of carboxylic acid groups (broad SMARTS) is 2. The highest BCUT2D eigenvalue weighted by Crippen LogP contribution is 2.37. The van der Waals surface area contributed by atoms with E-state index in [1.807, 2.05) is 20.8 Å². The van der Waals surface area contributed by atoms with Gasteiger partial charge in [-0.1, -0.05) is 32.9 Å². The minimum Gasteiger partial charge on any atom is -0.480 e. The highest BCUT2D eigenvalue weighted by Gasteiger charge is 2.36. The minimum atomic E-state index is -3.62. The average molecular weight is 909 g/mol. The molecule has 2 aromatic carbocycles. The fourth-order valence-corrected chi connectivity index (χ4v) is 8.29. The van der Waals surface area contributed by atoms with Crippen molar-refractivity contribution in [1.82, 2.24) is 30.3 Å². The number of fused-ring (bicyclic) bond motifs is 1. The molecule has 334 valence electrons. The molecule has 63 heavy (non-hydrogen) atoms. The molecular formula is C41H45FN8O11S2. The number of carboxylic acids is 2. The average Bonchev–Trinajstić information content (AvgIpc) is 3.21. The number of aromatic nitrogens is 3. The largest absolute Gasteiger partial charge is 0.480 e. The van der Waals surface area contributed by atoms with Crippen LogP contribution in [-0.4, -0.2) is 122 Å². The molecule has 5 rings (SSSR count). The Morgan fingerprint density at radius 2 is 1.79 bits per heavy atom. The van der Waals surface area contributed by atoms with E-state index in [1.54, 1.807) is 12.1 Å². The van der Waals surface area contributed by atoms with Gasteiger partial charge in [-0.3, -0.25) is 28.8 Å². The maximum absolute atomic E-state index is 15.7. The summed E-state index contributed by atoms with van der Waals surface area (Å²) in [5.41, 5.74) is 5.37. The minimum absolute atomic E-state index is 0.0407. The molecule has 0 aliphatic carbocycles. The van der Waals surface area contributed by atoms with E-state index < -0.39 is 93.3 Å². The van der Waals surface area contributed by atoms with E-state index in [2.05, 4.69) is 25.7 Å². The second-order valence-corrected chi connectivity index (χ2v) is 18.7. The van der Waals surface area contributed by atoms with Crippen molar-refractivity contribution in [2.24, 2.45) is 10.7 Å². The molecule has 19 nitrogen and oxygen atoms in total. The number of hydrogen-bond acceptors (Lipinski definition) is 14. The quantitative estimate of drug-likeness (QED) is 0.0933. The van der Waals surface area contributed by atoms with E-state index in [1.165, 1.54) is 54.6 Å². The van der Waals surface area contributed by atoms with Gasteiger partial charge in [0.2, 0.25) is 11.8 Å². The topological polar surface area (TPSA) is 294 Å². The van der Waals surface area contributed by atoms with E-state index in [0.717, 1.165) is 28.9 Å².